The van der Waals surface area contributed by atoms with E-state index < -0.39 is 0 Å². The van der Waals surface area contributed by atoms with Crippen molar-refractivity contribution in [3.63, 3.8) is 0 Å². The molecule has 100 valence electrons. The molecule has 0 radical (unpaired) electrons. The number of fused-ring (bicyclic) bond motifs is 1. The maximum Gasteiger partial charge on any atom is 0.169 e. The third kappa shape index (κ3) is 2.32. The number of rotatable bonds is 3. The van der Waals surface area contributed by atoms with Crippen molar-refractivity contribution in [1.82, 2.24) is 14.8 Å². The number of aromatic nitrogens is 3. The number of carbonyl (C=O) groups excluding carboxylic acids is 1. The van der Waals surface area contributed by atoms with Crippen LogP contribution in [0.4, 0.5) is 0 Å². The summed E-state index contributed by atoms with van der Waals surface area (Å²) in [5.74, 6) is 0.0371. The number of hydrogen-bond acceptors (Lipinski definition) is 4. The van der Waals surface area contributed by atoms with Crippen molar-refractivity contribution in [2.75, 3.05) is 0 Å². The van der Waals surface area contributed by atoms with Crippen molar-refractivity contribution >= 4 is 29.3 Å². The van der Waals surface area contributed by atoms with Gasteiger partial charge in [0.05, 0.1) is 17.6 Å². The first-order valence-electron chi connectivity index (χ1n) is 6.23. The molecule has 0 N–H and O–H groups in total. The molecule has 0 aliphatic heterocycles. The molecule has 4 nitrogen and oxygen atoms in total. The maximum absolute atomic E-state index is 12.4. The van der Waals surface area contributed by atoms with Crippen molar-refractivity contribution in [2.24, 2.45) is 7.05 Å². The Morgan fingerprint density at radius 3 is 2.90 bits per heavy atom. The molecule has 0 unspecified atom stereocenters. The number of hydrogen-bond donors (Lipinski definition) is 1. The van der Waals surface area contributed by atoms with Gasteiger partial charge in [-0.1, -0.05) is 6.07 Å². The Morgan fingerprint density at radius 1 is 1.30 bits per heavy atom. The molecule has 0 bridgehead atoms. The predicted octanol–water partition coefficient (Wildman–Crippen LogP) is 2.68. The monoisotopic (exact) mass is 283 g/mol. The summed E-state index contributed by atoms with van der Waals surface area (Å²) in [6.07, 6.45) is 3.82. The largest absolute Gasteiger partial charge is 0.294 e. The van der Waals surface area contributed by atoms with E-state index in [9.17, 15) is 4.79 Å². The number of Topliss-reactive ketones (excluding diaryl/α,β-unsaturated/α-hetero) is 1. The lowest BCUT2D eigenvalue weighted by Gasteiger charge is -2.06. The number of thiol groups is 1. The highest BCUT2D eigenvalue weighted by Crippen LogP contribution is 2.24. The second-order valence-corrected chi connectivity index (χ2v) is 5.09. The summed E-state index contributed by atoms with van der Waals surface area (Å²) in [6, 6.07) is 9.19. The second kappa shape index (κ2) is 5.09. The molecule has 3 rings (SSSR count). The highest BCUT2D eigenvalue weighted by atomic mass is 32.1. The Hall–Kier alpha value is -2.14. The van der Waals surface area contributed by atoms with Crippen LogP contribution in [0.15, 0.2) is 47.6 Å². The normalized spacial score (nSPS) is 10.9. The predicted molar refractivity (Wildman–Crippen MR) is 80.2 cm³/mol. The molecule has 0 fully saturated rings. The van der Waals surface area contributed by atoms with E-state index in [-0.39, 0.29) is 12.2 Å². The summed E-state index contributed by atoms with van der Waals surface area (Å²) in [5.41, 5.74) is 2.18. The standard InChI is InChI=1S/C15H13N3OS/c1-18-8-6-10(17-18)9-13(19)11-4-5-14(20)15-12(11)3-2-7-16-15/h2-8,20H,9H2,1H3. The summed E-state index contributed by atoms with van der Waals surface area (Å²) in [6.45, 7) is 0. The van der Waals surface area contributed by atoms with E-state index in [1.807, 2.05) is 37.5 Å². The zero-order valence-electron chi connectivity index (χ0n) is 10.9. The van der Waals surface area contributed by atoms with Crippen LogP contribution in [0.2, 0.25) is 0 Å². The third-order valence-electron chi connectivity index (χ3n) is 3.16. The lowest BCUT2D eigenvalue weighted by atomic mass is 10.0. The number of carbonyl (C=O) groups is 1. The molecule has 2 aromatic heterocycles. The minimum Gasteiger partial charge on any atom is -0.294 e. The highest BCUT2D eigenvalue weighted by Gasteiger charge is 2.13. The molecule has 0 saturated heterocycles. The molecule has 0 spiro atoms. The molecule has 3 aromatic rings. The zero-order chi connectivity index (χ0) is 14.1. The van der Waals surface area contributed by atoms with Gasteiger partial charge >= 0.3 is 0 Å². The van der Waals surface area contributed by atoms with Crippen LogP contribution < -0.4 is 0 Å². The van der Waals surface area contributed by atoms with Gasteiger partial charge in [-0.2, -0.15) is 5.10 Å². The SMILES string of the molecule is Cn1ccc(CC(=O)c2ccc(S)c3ncccc23)n1. The van der Waals surface area contributed by atoms with Gasteiger partial charge in [-0.25, -0.2) is 0 Å². The average molecular weight is 283 g/mol. The topological polar surface area (TPSA) is 47.8 Å². The van der Waals surface area contributed by atoms with E-state index in [0.29, 0.717) is 5.56 Å². The van der Waals surface area contributed by atoms with E-state index in [0.717, 1.165) is 21.5 Å². The molecule has 0 amide bonds. The molecule has 5 heteroatoms. The van der Waals surface area contributed by atoms with E-state index >= 15 is 0 Å². The van der Waals surface area contributed by atoms with Crippen LogP contribution >= 0.6 is 12.6 Å². The Labute approximate surface area is 121 Å². The fourth-order valence-electron chi connectivity index (χ4n) is 2.22. The Kier molecular flexibility index (Phi) is 3.28. The van der Waals surface area contributed by atoms with Crippen molar-refractivity contribution in [3.8, 4) is 0 Å². The lowest BCUT2D eigenvalue weighted by molar-refractivity contribution is 0.0993. The van der Waals surface area contributed by atoms with Gasteiger partial charge in [0.1, 0.15) is 0 Å². The van der Waals surface area contributed by atoms with E-state index in [1.165, 1.54) is 0 Å². The summed E-state index contributed by atoms with van der Waals surface area (Å²) < 4.78 is 1.69. The summed E-state index contributed by atoms with van der Waals surface area (Å²) in [7, 11) is 1.84. The van der Waals surface area contributed by atoms with E-state index in [2.05, 4.69) is 22.7 Å². The molecule has 0 aliphatic rings. The molecule has 0 atom stereocenters. The van der Waals surface area contributed by atoms with Gasteiger partial charge in [0.25, 0.3) is 0 Å². The number of nitrogens with zero attached hydrogens (tertiary/aromatic N) is 3. The molecular formula is C15H13N3OS. The first kappa shape index (κ1) is 12.9. The first-order chi connectivity index (χ1) is 9.65. The Bertz CT molecular complexity index is 795. The number of aryl methyl sites for hydroxylation is 1. The molecular weight excluding hydrogens is 270 g/mol. The fourth-order valence-corrected chi connectivity index (χ4v) is 2.47. The molecule has 0 aliphatic carbocycles. The average Bonchev–Trinajstić information content (AvgIpc) is 2.84. The van der Waals surface area contributed by atoms with E-state index in [4.69, 9.17) is 0 Å². The van der Waals surface area contributed by atoms with Gasteiger partial charge < -0.3 is 0 Å². The van der Waals surface area contributed by atoms with Gasteiger partial charge in [0.2, 0.25) is 0 Å². The van der Waals surface area contributed by atoms with Crippen LogP contribution in [0.1, 0.15) is 16.1 Å². The summed E-state index contributed by atoms with van der Waals surface area (Å²) in [4.78, 5) is 17.5. The smallest absolute Gasteiger partial charge is 0.169 e. The molecule has 1 aromatic carbocycles. The molecule has 20 heavy (non-hydrogen) atoms. The van der Waals surface area contributed by atoms with Crippen LogP contribution in [0.25, 0.3) is 10.9 Å². The lowest BCUT2D eigenvalue weighted by Crippen LogP contribution is -2.06. The van der Waals surface area contributed by atoms with Gasteiger partial charge in [-0.05, 0) is 24.3 Å². The number of pyridine rings is 1. The number of benzene rings is 1. The van der Waals surface area contributed by atoms with Crippen LogP contribution in [-0.2, 0) is 13.5 Å². The fraction of sp³-hybridized carbons (Fsp3) is 0.133. The minimum absolute atomic E-state index is 0.0371. The van der Waals surface area contributed by atoms with Gasteiger partial charge in [0.15, 0.2) is 5.78 Å². The Morgan fingerprint density at radius 2 is 2.15 bits per heavy atom. The summed E-state index contributed by atoms with van der Waals surface area (Å²) >= 11 is 4.38. The van der Waals surface area contributed by atoms with Crippen molar-refractivity contribution in [2.45, 2.75) is 11.3 Å². The summed E-state index contributed by atoms with van der Waals surface area (Å²) in [5, 5.41) is 5.07. The molecule has 0 saturated carbocycles. The van der Waals surface area contributed by atoms with Crippen LogP contribution in [0.5, 0.6) is 0 Å². The zero-order valence-corrected chi connectivity index (χ0v) is 11.8. The van der Waals surface area contributed by atoms with Crippen LogP contribution in [0.3, 0.4) is 0 Å². The first-order valence-corrected chi connectivity index (χ1v) is 6.68. The van der Waals surface area contributed by atoms with E-state index in [1.54, 1.807) is 16.9 Å². The second-order valence-electron chi connectivity index (χ2n) is 4.61. The van der Waals surface area contributed by atoms with Crippen LogP contribution in [-0.4, -0.2) is 20.5 Å². The highest BCUT2D eigenvalue weighted by molar-refractivity contribution is 7.80. The maximum atomic E-state index is 12.4. The van der Waals surface area contributed by atoms with Crippen molar-refractivity contribution < 1.29 is 4.79 Å². The van der Waals surface area contributed by atoms with Crippen molar-refractivity contribution in [3.05, 3.63) is 54.0 Å². The van der Waals surface area contributed by atoms with Gasteiger partial charge in [-0.3, -0.25) is 14.5 Å². The van der Waals surface area contributed by atoms with Crippen LogP contribution in [0, 0.1) is 0 Å². The number of ketones is 1. The minimum atomic E-state index is 0.0371. The van der Waals surface area contributed by atoms with Gasteiger partial charge in [0, 0.05) is 35.3 Å². The molecule has 2 heterocycles. The quantitative estimate of drug-likeness (QED) is 0.594. The van der Waals surface area contributed by atoms with Crippen molar-refractivity contribution in [1.29, 1.82) is 0 Å². The Balaban J connectivity index is 2.01. The third-order valence-corrected chi connectivity index (χ3v) is 3.52. The van der Waals surface area contributed by atoms with Gasteiger partial charge in [-0.15, -0.1) is 12.6 Å².